The predicted molar refractivity (Wildman–Crippen MR) is 155 cm³/mol. The lowest BCUT2D eigenvalue weighted by Crippen LogP contribution is -2.51. The molecule has 0 amide bonds. The van der Waals surface area contributed by atoms with Gasteiger partial charge in [-0.3, -0.25) is 4.79 Å². The Balaban J connectivity index is 1.38. The van der Waals surface area contributed by atoms with Crippen molar-refractivity contribution in [3.63, 3.8) is 0 Å². The maximum absolute atomic E-state index is 13.1. The van der Waals surface area contributed by atoms with Crippen molar-refractivity contribution >= 4 is 21.6 Å². The van der Waals surface area contributed by atoms with Gasteiger partial charge in [0.1, 0.15) is 6.61 Å². The molecule has 1 aliphatic heterocycles. The molecule has 0 N–H and O–H groups in total. The van der Waals surface area contributed by atoms with E-state index in [4.69, 9.17) is 14.2 Å². The summed E-state index contributed by atoms with van der Waals surface area (Å²) in [6.07, 6.45) is 2.46. The van der Waals surface area contributed by atoms with Crippen molar-refractivity contribution in [2.24, 2.45) is 0 Å². The molecule has 8 nitrogen and oxygen atoms in total. The van der Waals surface area contributed by atoms with Crippen LogP contribution in [0.4, 0.5) is 0 Å². The first-order valence-corrected chi connectivity index (χ1v) is 14.7. The van der Waals surface area contributed by atoms with E-state index in [1.165, 1.54) is 25.3 Å². The molecule has 0 bridgehead atoms. The highest BCUT2D eigenvalue weighted by molar-refractivity contribution is 7.91. The SMILES string of the molecule is COC(=O)C(C)(C)S(=O)(=O)N1CC=C(c2ccc(-c3cccc(OCCOCc4ccccc4)n3)c(C)c2)CC1. The minimum atomic E-state index is -3.87. The average molecular weight is 565 g/mol. The van der Waals surface area contributed by atoms with Crippen LogP contribution in [0.2, 0.25) is 0 Å². The van der Waals surface area contributed by atoms with Crippen molar-refractivity contribution in [2.75, 3.05) is 33.4 Å². The van der Waals surface area contributed by atoms with Crippen molar-refractivity contribution in [1.82, 2.24) is 9.29 Å². The molecular formula is C31H36N2O6S. The number of aromatic nitrogens is 1. The van der Waals surface area contributed by atoms with Crippen molar-refractivity contribution in [3.8, 4) is 17.1 Å². The molecule has 0 saturated carbocycles. The first kappa shape index (κ1) is 29.5. The number of aryl methyl sites for hydroxylation is 1. The van der Waals surface area contributed by atoms with Gasteiger partial charge in [-0.15, -0.1) is 0 Å². The minimum Gasteiger partial charge on any atom is -0.475 e. The molecule has 3 aromatic rings. The molecule has 0 atom stereocenters. The van der Waals surface area contributed by atoms with Gasteiger partial charge in [-0.25, -0.2) is 13.4 Å². The summed E-state index contributed by atoms with van der Waals surface area (Å²) < 4.78 is 42.0. The van der Waals surface area contributed by atoms with Gasteiger partial charge >= 0.3 is 5.97 Å². The molecule has 212 valence electrons. The Morgan fingerprint density at radius 2 is 1.80 bits per heavy atom. The maximum atomic E-state index is 13.1. The zero-order valence-electron chi connectivity index (χ0n) is 23.4. The van der Waals surface area contributed by atoms with Crippen LogP contribution in [0.3, 0.4) is 0 Å². The number of esters is 1. The van der Waals surface area contributed by atoms with Crippen LogP contribution in [0.1, 0.15) is 37.0 Å². The van der Waals surface area contributed by atoms with Crippen LogP contribution in [0.5, 0.6) is 5.88 Å². The number of nitrogens with zero attached hydrogens (tertiary/aromatic N) is 2. The fraction of sp³-hybridized carbons (Fsp3) is 0.355. The van der Waals surface area contributed by atoms with Gasteiger partial charge in [-0.1, -0.05) is 60.7 Å². The third-order valence-electron chi connectivity index (χ3n) is 7.02. The zero-order chi connectivity index (χ0) is 28.8. The summed E-state index contributed by atoms with van der Waals surface area (Å²) in [5.41, 5.74) is 6.08. The highest BCUT2D eigenvalue weighted by atomic mass is 32.2. The summed E-state index contributed by atoms with van der Waals surface area (Å²) >= 11 is 0. The van der Waals surface area contributed by atoms with E-state index in [1.807, 2.05) is 73.7 Å². The van der Waals surface area contributed by atoms with Gasteiger partial charge in [-0.05, 0) is 55.5 Å². The molecule has 0 spiro atoms. The Hall–Kier alpha value is -3.53. The number of ether oxygens (including phenoxy) is 3. The van der Waals surface area contributed by atoms with Crippen LogP contribution in [-0.2, 0) is 30.9 Å². The second kappa shape index (κ2) is 12.8. The zero-order valence-corrected chi connectivity index (χ0v) is 24.2. The van der Waals surface area contributed by atoms with Crippen LogP contribution >= 0.6 is 0 Å². The van der Waals surface area contributed by atoms with Gasteiger partial charge in [-0.2, -0.15) is 4.31 Å². The number of carbonyl (C=O) groups is 1. The number of benzene rings is 2. The second-order valence-corrected chi connectivity index (χ2v) is 12.6. The summed E-state index contributed by atoms with van der Waals surface area (Å²) in [5, 5.41) is 0. The van der Waals surface area contributed by atoms with Crippen LogP contribution < -0.4 is 4.74 Å². The van der Waals surface area contributed by atoms with E-state index >= 15 is 0 Å². The molecule has 1 aliphatic rings. The maximum Gasteiger partial charge on any atom is 0.328 e. The van der Waals surface area contributed by atoms with Crippen LogP contribution in [0, 0.1) is 6.92 Å². The third-order valence-corrected chi connectivity index (χ3v) is 9.49. The molecule has 2 heterocycles. The minimum absolute atomic E-state index is 0.203. The Morgan fingerprint density at radius 1 is 1.02 bits per heavy atom. The Labute approximate surface area is 236 Å². The van der Waals surface area contributed by atoms with Crippen molar-refractivity contribution in [2.45, 2.75) is 38.5 Å². The van der Waals surface area contributed by atoms with Gasteiger partial charge in [0, 0.05) is 24.7 Å². The molecule has 0 saturated heterocycles. The summed E-state index contributed by atoms with van der Waals surface area (Å²) in [7, 11) is -2.67. The van der Waals surface area contributed by atoms with Crippen molar-refractivity contribution < 1.29 is 27.4 Å². The Morgan fingerprint density at radius 3 is 2.48 bits per heavy atom. The van der Waals surface area contributed by atoms with E-state index in [9.17, 15) is 13.2 Å². The van der Waals surface area contributed by atoms with Gasteiger partial charge in [0.15, 0.2) is 4.75 Å². The lowest BCUT2D eigenvalue weighted by atomic mass is 9.95. The van der Waals surface area contributed by atoms with Crippen LogP contribution in [-0.4, -0.2) is 61.8 Å². The number of rotatable bonds is 11. The monoisotopic (exact) mass is 564 g/mol. The lowest BCUT2D eigenvalue weighted by Gasteiger charge is -2.32. The molecule has 0 fully saturated rings. The number of methoxy groups -OCH3 is 1. The Kier molecular flexibility index (Phi) is 9.40. The average Bonchev–Trinajstić information content (AvgIpc) is 2.97. The number of sulfonamides is 1. The molecule has 2 aromatic carbocycles. The predicted octanol–water partition coefficient (Wildman–Crippen LogP) is 5.02. The molecule has 0 radical (unpaired) electrons. The normalized spacial score (nSPS) is 14.4. The summed E-state index contributed by atoms with van der Waals surface area (Å²) in [6, 6.07) is 21.9. The van der Waals surface area contributed by atoms with Gasteiger partial charge < -0.3 is 14.2 Å². The lowest BCUT2D eigenvalue weighted by molar-refractivity contribution is -0.142. The van der Waals surface area contributed by atoms with Crippen LogP contribution in [0.15, 0.2) is 72.8 Å². The molecule has 9 heteroatoms. The molecule has 0 unspecified atom stereocenters. The highest BCUT2D eigenvalue weighted by Gasteiger charge is 2.46. The van der Waals surface area contributed by atoms with E-state index in [-0.39, 0.29) is 6.54 Å². The highest BCUT2D eigenvalue weighted by Crippen LogP contribution is 2.31. The Bertz CT molecular complexity index is 1470. The molecule has 40 heavy (non-hydrogen) atoms. The van der Waals surface area contributed by atoms with Crippen LogP contribution in [0.25, 0.3) is 16.8 Å². The van der Waals surface area contributed by atoms with E-state index in [1.54, 1.807) is 0 Å². The quantitative estimate of drug-likeness (QED) is 0.238. The number of carbonyl (C=O) groups excluding carboxylic acids is 1. The first-order chi connectivity index (χ1) is 19.1. The largest absolute Gasteiger partial charge is 0.475 e. The number of pyridine rings is 1. The van der Waals surface area contributed by atoms with E-state index in [0.29, 0.717) is 38.7 Å². The summed E-state index contributed by atoms with van der Waals surface area (Å²) in [6.45, 7) is 6.69. The van der Waals surface area contributed by atoms with E-state index in [0.717, 1.165) is 33.5 Å². The summed E-state index contributed by atoms with van der Waals surface area (Å²) in [4.78, 5) is 16.8. The smallest absolute Gasteiger partial charge is 0.328 e. The fourth-order valence-corrected chi connectivity index (χ4v) is 6.11. The molecule has 4 rings (SSSR count). The molecule has 1 aromatic heterocycles. The van der Waals surface area contributed by atoms with E-state index in [2.05, 4.69) is 11.1 Å². The molecular weight excluding hydrogens is 528 g/mol. The van der Waals surface area contributed by atoms with Crippen molar-refractivity contribution in [1.29, 1.82) is 0 Å². The number of hydrogen-bond acceptors (Lipinski definition) is 7. The standard InChI is InChI=1S/C31H36N2O6S/c1-23-21-26(25-15-17-33(18-16-25)40(35,36)31(2,3)30(34)37-4)13-14-27(23)28-11-8-12-29(32-28)39-20-19-38-22-24-9-6-5-7-10-24/h5-15,21H,16-20,22H2,1-4H3. The van der Waals surface area contributed by atoms with E-state index < -0.39 is 20.7 Å². The first-order valence-electron chi connectivity index (χ1n) is 13.2. The third kappa shape index (κ3) is 6.60. The number of hydrogen-bond donors (Lipinski definition) is 0. The summed E-state index contributed by atoms with van der Waals surface area (Å²) in [5.74, 6) is -0.233. The van der Waals surface area contributed by atoms with Crippen molar-refractivity contribution in [3.05, 3.63) is 89.5 Å². The van der Waals surface area contributed by atoms with Gasteiger partial charge in [0.25, 0.3) is 0 Å². The van der Waals surface area contributed by atoms with Gasteiger partial charge in [0.2, 0.25) is 15.9 Å². The molecule has 0 aliphatic carbocycles. The topological polar surface area (TPSA) is 95.0 Å². The van der Waals surface area contributed by atoms with Gasteiger partial charge in [0.05, 0.1) is 26.0 Å². The second-order valence-electron chi connectivity index (χ2n) is 10.1. The fourth-order valence-electron chi connectivity index (χ4n) is 4.57.